The molecule has 1 aromatic rings. The minimum atomic E-state index is 0.652. The molecule has 1 saturated heterocycles. The third-order valence-electron chi connectivity index (χ3n) is 5.24. The molecule has 1 aliphatic heterocycles. The summed E-state index contributed by atoms with van der Waals surface area (Å²) in [5, 5.41) is 6.83. The Hall–Kier alpha value is -1.75. The van der Waals surface area contributed by atoms with Gasteiger partial charge in [-0.1, -0.05) is 12.1 Å². The van der Waals surface area contributed by atoms with Crippen LogP contribution in [-0.4, -0.2) is 62.7 Å². The van der Waals surface area contributed by atoms with Crippen LogP contribution in [0.3, 0.4) is 0 Å². The van der Waals surface area contributed by atoms with Crippen LogP contribution < -0.4 is 15.5 Å². The van der Waals surface area contributed by atoms with Crippen molar-refractivity contribution in [2.75, 3.05) is 50.7 Å². The molecule has 2 fully saturated rings. The average Bonchev–Trinajstić information content (AvgIpc) is 3.42. The molecule has 1 aliphatic carbocycles. The number of anilines is 1. The molecule has 1 aromatic carbocycles. The van der Waals surface area contributed by atoms with Gasteiger partial charge in [-0.3, -0.25) is 9.89 Å². The molecule has 138 valence electrons. The lowest BCUT2D eigenvalue weighted by molar-refractivity contribution is 0.265. The first-order chi connectivity index (χ1) is 12.2. The zero-order valence-corrected chi connectivity index (χ0v) is 16.0. The van der Waals surface area contributed by atoms with E-state index in [1.54, 1.807) is 0 Å². The fourth-order valence-electron chi connectivity index (χ4n) is 3.33. The topological polar surface area (TPSA) is 42.9 Å². The molecular formula is C20H33N5. The molecule has 25 heavy (non-hydrogen) atoms. The SMILES string of the molecule is CCNC(=NCCN1CCN(c2cccc(C)c2C)CC1)NC1CC1. The van der Waals surface area contributed by atoms with Gasteiger partial charge in [0.15, 0.2) is 5.96 Å². The van der Waals surface area contributed by atoms with Crippen LogP contribution in [0.5, 0.6) is 0 Å². The van der Waals surface area contributed by atoms with Crippen LogP contribution in [-0.2, 0) is 0 Å². The van der Waals surface area contributed by atoms with Crippen LogP contribution in [0.15, 0.2) is 23.2 Å². The summed E-state index contributed by atoms with van der Waals surface area (Å²) in [5.74, 6) is 0.985. The molecule has 1 saturated carbocycles. The van der Waals surface area contributed by atoms with Gasteiger partial charge in [0, 0.05) is 51.0 Å². The molecule has 0 spiro atoms. The third kappa shape index (κ3) is 5.11. The van der Waals surface area contributed by atoms with Crippen molar-refractivity contribution in [1.29, 1.82) is 0 Å². The second kappa shape index (κ2) is 8.56. The normalized spacial score (nSPS) is 19.2. The number of hydrogen-bond donors (Lipinski definition) is 2. The van der Waals surface area contributed by atoms with E-state index in [0.717, 1.165) is 51.8 Å². The maximum absolute atomic E-state index is 4.73. The molecule has 0 radical (unpaired) electrons. The highest BCUT2D eigenvalue weighted by molar-refractivity contribution is 5.80. The number of rotatable bonds is 6. The second-order valence-electron chi connectivity index (χ2n) is 7.23. The van der Waals surface area contributed by atoms with Crippen molar-refractivity contribution in [2.45, 2.75) is 39.7 Å². The Morgan fingerprint density at radius 2 is 1.92 bits per heavy atom. The molecule has 0 aromatic heterocycles. The van der Waals surface area contributed by atoms with Crippen molar-refractivity contribution in [3.05, 3.63) is 29.3 Å². The van der Waals surface area contributed by atoms with E-state index < -0.39 is 0 Å². The van der Waals surface area contributed by atoms with E-state index in [2.05, 4.69) is 59.4 Å². The first-order valence-corrected chi connectivity index (χ1v) is 9.75. The van der Waals surface area contributed by atoms with Crippen molar-refractivity contribution in [3.63, 3.8) is 0 Å². The molecule has 0 atom stereocenters. The van der Waals surface area contributed by atoms with Crippen molar-refractivity contribution in [3.8, 4) is 0 Å². The van der Waals surface area contributed by atoms with Gasteiger partial charge in [0.2, 0.25) is 0 Å². The third-order valence-corrected chi connectivity index (χ3v) is 5.24. The number of aliphatic imine (C=N–C) groups is 1. The highest BCUT2D eigenvalue weighted by atomic mass is 15.3. The predicted octanol–water partition coefficient (Wildman–Crippen LogP) is 2.14. The Kier molecular flexibility index (Phi) is 6.19. The molecule has 2 aliphatic rings. The number of guanidine groups is 1. The Bertz CT molecular complexity index is 586. The standard InChI is InChI=1S/C20H33N5/c1-4-21-20(23-18-8-9-18)22-10-11-24-12-14-25(15-13-24)19-7-5-6-16(2)17(19)3/h5-7,18H,4,8-15H2,1-3H3,(H2,21,22,23). The molecule has 0 amide bonds. The Morgan fingerprint density at radius 3 is 2.60 bits per heavy atom. The summed E-state index contributed by atoms with van der Waals surface area (Å²) in [7, 11) is 0. The van der Waals surface area contributed by atoms with Crippen LogP contribution >= 0.6 is 0 Å². The van der Waals surface area contributed by atoms with Crippen LogP contribution in [0.2, 0.25) is 0 Å². The largest absolute Gasteiger partial charge is 0.369 e. The molecule has 5 nitrogen and oxygen atoms in total. The first-order valence-electron chi connectivity index (χ1n) is 9.75. The maximum Gasteiger partial charge on any atom is 0.191 e. The van der Waals surface area contributed by atoms with E-state index in [9.17, 15) is 0 Å². The van der Waals surface area contributed by atoms with E-state index in [1.807, 2.05) is 0 Å². The van der Waals surface area contributed by atoms with Gasteiger partial charge in [-0.05, 0) is 50.8 Å². The van der Waals surface area contributed by atoms with Gasteiger partial charge in [-0.2, -0.15) is 0 Å². The summed E-state index contributed by atoms with van der Waals surface area (Å²) in [6.45, 7) is 13.8. The smallest absolute Gasteiger partial charge is 0.191 e. The summed E-state index contributed by atoms with van der Waals surface area (Å²) in [6, 6.07) is 7.28. The number of hydrogen-bond acceptors (Lipinski definition) is 3. The number of aryl methyl sites for hydroxylation is 1. The van der Waals surface area contributed by atoms with Crippen molar-refractivity contribution >= 4 is 11.6 Å². The lowest BCUT2D eigenvalue weighted by Crippen LogP contribution is -2.47. The summed E-state index contributed by atoms with van der Waals surface area (Å²) >= 11 is 0. The molecule has 2 N–H and O–H groups in total. The van der Waals surface area contributed by atoms with E-state index in [-0.39, 0.29) is 0 Å². The lowest BCUT2D eigenvalue weighted by atomic mass is 10.1. The quantitative estimate of drug-likeness (QED) is 0.613. The zero-order chi connectivity index (χ0) is 17.6. The Balaban J connectivity index is 1.45. The molecule has 0 unspecified atom stereocenters. The van der Waals surface area contributed by atoms with Crippen molar-refractivity contribution in [1.82, 2.24) is 15.5 Å². The monoisotopic (exact) mass is 343 g/mol. The van der Waals surface area contributed by atoms with Gasteiger partial charge < -0.3 is 15.5 Å². The summed E-state index contributed by atoms with van der Waals surface area (Å²) in [5.41, 5.74) is 4.20. The Labute approximate surface area is 152 Å². The zero-order valence-electron chi connectivity index (χ0n) is 16.0. The summed E-state index contributed by atoms with van der Waals surface area (Å²) in [4.78, 5) is 9.79. The van der Waals surface area contributed by atoms with E-state index in [0.29, 0.717) is 6.04 Å². The van der Waals surface area contributed by atoms with Crippen LogP contribution in [0.1, 0.15) is 30.9 Å². The minimum absolute atomic E-state index is 0.652. The maximum atomic E-state index is 4.73. The van der Waals surface area contributed by atoms with Gasteiger partial charge in [0.25, 0.3) is 0 Å². The number of nitrogens with one attached hydrogen (secondary N) is 2. The van der Waals surface area contributed by atoms with E-state index in [1.165, 1.54) is 29.7 Å². The number of benzene rings is 1. The minimum Gasteiger partial charge on any atom is -0.369 e. The predicted molar refractivity (Wildman–Crippen MR) is 107 cm³/mol. The van der Waals surface area contributed by atoms with Gasteiger partial charge in [0.1, 0.15) is 0 Å². The van der Waals surface area contributed by atoms with Gasteiger partial charge in [-0.15, -0.1) is 0 Å². The lowest BCUT2D eigenvalue weighted by Gasteiger charge is -2.36. The highest BCUT2D eigenvalue weighted by Crippen LogP contribution is 2.23. The summed E-state index contributed by atoms with van der Waals surface area (Å²) in [6.07, 6.45) is 2.56. The second-order valence-corrected chi connectivity index (χ2v) is 7.23. The summed E-state index contributed by atoms with van der Waals surface area (Å²) < 4.78 is 0. The molecule has 5 heteroatoms. The fourth-order valence-corrected chi connectivity index (χ4v) is 3.33. The van der Waals surface area contributed by atoms with Crippen LogP contribution in [0.4, 0.5) is 5.69 Å². The highest BCUT2D eigenvalue weighted by Gasteiger charge is 2.22. The van der Waals surface area contributed by atoms with Crippen LogP contribution in [0, 0.1) is 13.8 Å². The number of nitrogens with zero attached hydrogens (tertiary/aromatic N) is 3. The van der Waals surface area contributed by atoms with E-state index >= 15 is 0 Å². The van der Waals surface area contributed by atoms with Gasteiger partial charge in [0.05, 0.1) is 6.54 Å². The van der Waals surface area contributed by atoms with Gasteiger partial charge in [-0.25, -0.2) is 0 Å². The number of piperazine rings is 1. The molecular weight excluding hydrogens is 310 g/mol. The van der Waals surface area contributed by atoms with Crippen LogP contribution in [0.25, 0.3) is 0 Å². The molecule has 1 heterocycles. The molecule has 0 bridgehead atoms. The van der Waals surface area contributed by atoms with E-state index in [4.69, 9.17) is 4.99 Å². The molecule has 3 rings (SSSR count). The van der Waals surface area contributed by atoms with Gasteiger partial charge >= 0.3 is 0 Å². The van der Waals surface area contributed by atoms with Crippen molar-refractivity contribution in [2.24, 2.45) is 4.99 Å². The average molecular weight is 344 g/mol. The first kappa shape index (κ1) is 18.1. The van der Waals surface area contributed by atoms with Crippen molar-refractivity contribution < 1.29 is 0 Å². The Morgan fingerprint density at radius 1 is 1.16 bits per heavy atom. The fraction of sp³-hybridized carbons (Fsp3) is 0.650.